The number of nitrogens with zero attached hydrogens (tertiary/aromatic N) is 1. The molecule has 7 nitrogen and oxygen atoms in total. The number of sulfonamides is 1. The molecule has 0 radical (unpaired) electrons. The summed E-state index contributed by atoms with van der Waals surface area (Å²) in [6.07, 6.45) is 7.00. The second-order valence-corrected chi connectivity index (χ2v) is 9.21. The second kappa shape index (κ2) is 8.41. The highest BCUT2D eigenvalue weighted by atomic mass is 32.2. The Morgan fingerprint density at radius 3 is 2.74 bits per heavy atom. The molecular formula is C19H27N3O4S. The van der Waals surface area contributed by atoms with E-state index in [0.717, 1.165) is 56.2 Å². The van der Waals surface area contributed by atoms with Crippen molar-refractivity contribution in [3.8, 4) is 0 Å². The number of carboxylic acid groups (broad SMARTS) is 1. The summed E-state index contributed by atoms with van der Waals surface area (Å²) in [6, 6.07) is 6.01. The molecule has 1 aliphatic rings. The molecule has 3 rings (SSSR count). The fraction of sp³-hybridized carbons (Fsp3) is 0.526. The molecule has 1 saturated heterocycles. The Morgan fingerprint density at radius 2 is 2.07 bits per heavy atom. The van der Waals surface area contributed by atoms with Gasteiger partial charge in [-0.15, -0.1) is 0 Å². The molecule has 27 heavy (non-hydrogen) atoms. The summed E-state index contributed by atoms with van der Waals surface area (Å²) in [5.74, 6) is -0.249. The first-order chi connectivity index (χ1) is 12.8. The van der Waals surface area contributed by atoms with Gasteiger partial charge in [0.2, 0.25) is 10.0 Å². The van der Waals surface area contributed by atoms with Crippen molar-refractivity contribution in [3.05, 3.63) is 35.5 Å². The monoisotopic (exact) mass is 393 g/mol. The lowest BCUT2D eigenvalue weighted by molar-refractivity contribution is 0.0699. The van der Waals surface area contributed by atoms with Crippen LogP contribution in [0, 0.1) is 5.92 Å². The number of nitrogens with one attached hydrogen (secondary N) is 2. The van der Waals surface area contributed by atoms with Crippen molar-refractivity contribution >= 4 is 26.9 Å². The van der Waals surface area contributed by atoms with Crippen LogP contribution in [0.4, 0.5) is 0 Å². The Balaban J connectivity index is 1.47. The van der Waals surface area contributed by atoms with Crippen LogP contribution in [0.3, 0.4) is 0 Å². The lowest BCUT2D eigenvalue weighted by Crippen LogP contribution is -2.39. The van der Waals surface area contributed by atoms with Gasteiger partial charge in [0.25, 0.3) is 0 Å². The van der Waals surface area contributed by atoms with Gasteiger partial charge < -0.3 is 15.0 Å². The molecule has 148 valence electrons. The molecule has 0 saturated carbocycles. The number of carboxylic acids is 1. The molecule has 1 fully saturated rings. The average molecular weight is 394 g/mol. The molecule has 2 aromatic rings. The highest BCUT2D eigenvalue weighted by Crippen LogP contribution is 2.25. The van der Waals surface area contributed by atoms with Gasteiger partial charge in [0.05, 0.1) is 11.8 Å². The zero-order valence-electron chi connectivity index (χ0n) is 15.6. The first-order valence-electron chi connectivity index (χ1n) is 9.32. The number of benzene rings is 1. The van der Waals surface area contributed by atoms with Gasteiger partial charge in [-0.05, 0) is 62.4 Å². The Morgan fingerprint density at radius 1 is 1.33 bits per heavy atom. The third kappa shape index (κ3) is 5.54. The maximum absolute atomic E-state index is 11.3. The van der Waals surface area contributed by atoms with Crippen LogP contribution < -0.4 is 4.72 Å². The number of fused-ring (bicyclic) bond motifs is 1. The van der Waals surface area contributed by atoms with E-state index in [9.17, 15) is 18.3 Å². The van der Waals surface area contributed by atoms with E-state index >= 15 is 0 Å². The molecule has 8 heteroatoms. The van der Waals surface area contributed by atoms with Crippen LogP contribution in [0.2, 0.25) is 0 Å². The summed E-state index contributed by atoms with van der Waals surface area (Å²) in [7, 11) is -3.11. The van der Waals surface area contributed by atoms with E-state index < -0.39 is 16.0 Å². The van der Waals surface area contributed by atoms with Crippen molar-refractivity contribution in [1.82, 2.24) is 14.6 Å². The van der Waals surface area contributed by atoms with E-state index in [2.05, 4.69) is 20.7 Å². The van der Waals surface area contributed by atoms with Gasteiger partial charge in [0.1, 0.15) is 0 Å². The summed E-state index contributed by atoms with van der Waals surface area (Å²) in [4.78, 5) is 16.6. The van der Waals surface area contributed by atoms with E-state index in [0.29, 0.717) is 18.0 Å². The number of rotatable bonds is 8. The van der Waals surface area contributed by atoms with Gasteiger partial charge in [-0.3, -0.25) is 0 Å². The maximum Gasteiger partial charge on any atom is 0.337 e. The van der Waals surface area contributed by atoms with Gasteiger partial charge in [0, 0.05) is 30.2 Å². The fourth-order valence-corrected chi connectivity index (χ4v) is 4.22. The lowest BCUT2D eigenvalue weighted by Gasteiger charge is -2.32. The van der Waals surface area contributed by atoms with E-state index in [1.165, 1.54) is 11.8 Å². The summed E-state index contributed by atoms with van der Waals surface area (Å²) < 4.78 is 24.7. The SMILES string of the molecule is CS(=O)(=O)NCCN1CCC(CCc2ccc3[nH]cc(C(=O)O)c3c2)CC1. The molecule has 0 bridgehead atoms. The Bertz CT molecular complexity index is 899. The lowest BCUT2D eigenvalue weighted by atomic mass is 9.90. The largest absolute Gasteiger partial charge is 0.478 e. The zero-order chi connectivity index (χ0) is 19.4. The van der Waals surface area contributed by atoms with Crippen LogP contribution in [-0.2, 0) is 16.4 Å². The highest BCUT2D eigenvalue weighted by Gasteiger charge is 2.19. The Hall–Kier alpha value is -1.90. The number of aromatic carboxylic acids is 1. The maximum atomic E-state index is 11.3. The van der Waals surface area contributed by atoms with Gasteiger partial charge >= 0.3 is 5.97 Å². The number of aromatic nitrogens is 1. The van der Waals surface area contributed by atoms with Crippen molar-refractivity contribution in [1.29, 1.82) is 0 Å². The van der Waals surface area contributed by atoms with Crippen molar-refractivity contribution in [3.63, 3.8) is 0 Å². The summed E-state index contributed by atoms with van der Waals surface area (Å²) in [5.41, 5.74) is 2.35. The quantitative estimate of drug-likeness (QED) is 0.637. The van der Waals surface area contributed by atoms with Gasteiger partial charge in [-0.25, -0.2) is 17.9 Å². The topological polar surface area (TPSA) is 103 Å². The van der Waals surface area contributed by atoms with Gasteiger partial charge in [0.15, 0.2) is 0 Å². The molecule has 3 N–H and O–H groups in total. The number of carbonyl (C=O) groups is 1. The number of likely N-dealkylation sites (tertiary alicyclic amines) is 1. The van der Waals surface area contributed by atoms with Crippen molar-refractivity contribution in [2.45, 2.75) is 25.7 Å². The highest BCUT2D eigenvalue weighted by molar-refractivity contribution is 7.88. The molecule has 0 amide bonds. The van der Waals surface area contributed by atoms with Crippen molar-refractivity contribution in [2.75, 3.05) is 32.4 Å². The van der Waals surface area contributed by atoms with E-state index in [1.54, 1.807) is 6.20 Å². The number of piperidine rings is 1. The molecule has 1 aliphatic heterocycles. The molecule has 2 heterocycles. The zero-order valence-corrected chi connectivity index (χ0v) is 16.4. The van der Waals surface area contributed by atoms with E-state index in [4.69, 9.17) is 0 Å². The minimum absolute atomic E-state index is 0.322. The number of H-pyrrole nitrogens is 1. The summed E-state index contributed by atoms with van der Waals surface area (Å²) >= 11 is 0. The normalized spacial score (nSPS) is 16.8. The molecule has 1 aromatic heterocycles. The number of aryl methyl sites for hydroxylation is 1. The molecule has 0 spiro atoms. The first-order valence-corrected chi connectivity index (χ1v) is 11.2. The predicted molar refractivity (Wildman–Crippen MR) is 106 cm³/mol. The van der Waals surface area contributed by atoms with Crippen LogP contribution in [0.15, 0.2) is 24.4 Å². The van der Waals surface area contributed by atoms with Gasteiger partial charge in [-0.2, -0.15) is 0 Å². The Labute approximate surface area is 159 Å². The van der Waals surface area contributed by atoms with Crippen LogP contribution in [-0.4, -0.2) is 61.8 Å². The number of hydrogen-bond acceptors (Lipinski definition) is 4. The van der Waals surface area contributed by atoms with E-state index in [-0.39, 0.29) is 0 Å². The van der Waals surface area contributed by atoms with Crippen LogP contribution >= 0.6 is 0 Å². The molecule has 0 atom stereocenters. The smallest absolute Gasteiger partial charge is 0.337 e. The third-order valence-corrected chi connectivity index (χ3v) is 6.05. The molecule has 0 unspecified atom stereocenters. The average Bonchev–Trinajstić information content (AvgIpc) is 3.03. The van der Waals surface area contributed by atoms with Crippen molar-refractivity contribution in [2.24, 2.45) is 5.92 Å². The molecule has 1 aromatic carbocycles. The first kappa shape index (κ1) is 19.9. The third-order valence-electron chi connectivity index (χ3n) is 5.32. The number of hydrogen-bond donors (Lipinski definition) is 3. The van der Waals surface area contributed by atoms with Crippen LogP contribution in [0.5, 0.6) is 0 Å². The fourth-order valence-electron chi connectivity index (χ4n) is 3.76. The minimum Gasteiger partial charge on any atom is -0.478 e. The second-order valence-electron chi connectivity index (χ2n) is 7.38. The minimum atomic E-state index is -3.11. The van der Waals surface area contributed by atoms with E-state index in [1.807, 2.05) is 12.1 Å². The predicted octanol–water partition coefficient (Wildman–Crippen LogP) is 2.06. The summed E-state index contributed by atoms with van der Waals surface area (Å²) in [6.45, 7) is 3.21. The standard InChI is InChI=1S/C19H27N3O4S/c1-27(25,26)21-8-11-22-9-6-14(7-10-22)2-3-15-4-5-18-16(12-15)17(13-20-18)19(23)24/h4-5,12-14,20-21H,2-3,6-11H2,1H3,(H,23,24). The summed E-state index contributed by atoms with van der Waals surface area (Å²) in [5, 5.41) is 10.0. The number of aromatic amines is 1. The molecular weight excluding hydrogens is 366 g/mol. The Kier molecular flexibility index (Phi) is 6.18. The molecule has 0 aliphatic carbocycles. The van der Waals surface area contributed by atoms with Crippen molar-refractivity contribution < 1.29 is 18.3 Å². The van der Waals surface area contributed by atoms with Gasteiger partial charge in [-0.1, -0.05) is 6.07 Å². The van der Waals surface area contributed by atoms with Crippen LogP contribution in [0.25, 0.3) is 10.9 Å². The van der Waals surface area contributed by atoms with Crippen LogP contribution in [0.1, 0.15) is 35.2 Å².